The third-order valence-electron chi connectivity index (χ3n) is 5.50. The van der Waals surface area contributed by atoms with Gasteiger partial charge in [-0.15, -0.1) is 0 Å². The van der Waals surface area contributed by atoms with Crippen molar-refractivity contribution in [2.45, 2.75) is 13.0 Å². The molecule has 6 nitrogen and oxygen atoms in total. The van der Waals surface area contributed by atoms with Gasteiger partial charge in [0.2, 0.25) is 0 Å². The van der Waals surface area contributed by atoms with Gasteiger partial charge in [0.1, 0.15) is 11.5 Å². The largest absolute Gasteiger partial charge is 0.507 e. The molecule has 0 radical (unpaired) electrons. The van der Waals surface area contributed by atoms with Crippen molar-refractivity contribution in [3.63, 3.8) is 0 Å². The van der Waals surface area contributed by atoms with Crippen LogP contribution in [0.5, 0.6) is 5.75 Å². The van der Waals surface area contributed by atoms with Gasteiger partial charge in [-0.1, -0.05) is 41.4 Å². The highest BCUT2D eigenvalue weighted by atomic mass is 35.5. The fourth-order valence-electron chi connectivity index (χ4n) is 3.92. The third-order valence-corrected chi connectivity index (χ3v) is 5.80. The van der Waals surface area contributed by atoms with E-state index >= 15 is 0 Å². The number of methoxy groups -OCH3 is 1. The zero-order chi connectivity index (χ0) is 23.7. The van der Waals surface area contributed by atoms with E-state index in [2.05, 4.69) is 0 Å². The van der Waals surface area contributed by atoms with Crippen molar-refractivity contribution >= 4 is 34.7 Å². The van der Waals surface area contributed by atoms with Gasteiger partial charge in [0, 0.05) is 11.3 Å². The molecule has 1 aliphatic heterocycles. The highest BCUT2D eigenvalue weighted by Gasteiger charge is 2.47. The minimum absolute atomic E-state index is 0.0452. The Labute approximate surface area is 195 Å². The molecular formula is C26H19ClN2O4. The highest BCUT2D eigenvalue weighted by Crippen LogP contribution is 2.42. The molecule has 0 spiro atoms. The Bertz CT molecular complexity index is 1340. The maximum atomic E-state index is 13.2. The Hall–Kier alpha value is -4.08. The number of nitrogens with zero attached hydrogens (tertiary/aromatic N) is 2. The first kappa shape index (κ1) is 22.1. The maximum absolute atomic E-state index is 13.2. The first-order chi connectivity index (χ1) is 15.8. The molecule has 1 saturated heterocycles. The molecule has 1 N–H and O–H groups in total. The van der Waals surface area contributed by atoms with Crippen molar-refractivity contribution in [3.8, 4) is 11.8 Å². The first-order valence-electron chi connectivity index (χ1n) is 10.1. The summed E-state index contributed by atoms with van der Waals surface area (Å²) in [6.07, 6.45) is 0. The smallest absolute Gasteiger partial charge is 0.300 e. The van der Waals surface area contributed by atoms with Gasteiger partial charge < -0.3 is 9.84 Å². The fourth-order valence-corrected chi connectivity index (χ4v) is 4.18. The van der Waals surface area contributed by atoms with Crippen LogP contribution in [0, 0.1) is 18.3 Å². The number of rotatable bonds is 4. The van der Waals surface area contributed by atoms with E-state index in [9.17, 15) is 14.7 Å². The number of hydrogen-bond acceptors (Lipinski definition) is 5. The van der Waals surface area contributed by atoms with Gasteiger partial charge in [-0.2, -0.15) is 5.26 Å². The molecule has 1 heterocycles. The number of anilines is 1. The molecular weight excluding hydrogens is 440 g/mol. The zero-order valence-corrected chi connectivity index (χ0v) is 18.6. The summed E-state index contributed by atoms with van der Waals surface area (Å²) in [4.78, 5) is 27.7. The van der Waals surface area contributed by atoms with Gasteiger partial charge in [-0.25, -0.2) is 0 Å². The summed E-state index contributed by atoms with van der Waals surface area (Å²) in [6, 6.07) is 19.6. The van der Waals surface area contributed by atoms with Crippen LogP contribution >= 0.6 is 11.6 Å². The van der Waals surface area contributed by atoms with Crippen LogP contribution in [0.1, 0.15) is 28.3 Å². The molecule has 0 aliphatic carbocycles. The van der Waals surface area contributed by atoms with Crippen LogP contribution in [-0.4, -0.2) is 23.9 Å². The number of amides is 1. The van der Waals surface area contributed by atoms with Crippen LogP contribution in [-0.2, 0) is 9.59 Å². The lowest BCUT2D eigenvalue weighted by Crippen LogP contribution is -2.29. The second kappa shape index (κ2) is 8.81. The van der Waals surface area contributed by atoms with E-state index in [0.717, 1.165) is 5.56 Å². The molecule has 1 amide bonds. The second-order valence-corrected chi connectivity index (χ2v) is 8.00. The number of nitriles is 1. The highest BCUT2D eigenvalue weighted by molar-refractivity contribution is 6.51. The van der Waals surface area contributed by atoms with Crippen molar-refractivity contribution in [2.75, 3.05) is 12.0 Å². The lowest BCUT2D eigenvalue weighted by molar-refractivity contribution is -0.132. The molecule has 1 aliphatic rings. The summed E-state index contributed by atoms with van der Waals surface area (Å²) in [5, 5.41) is 20.5. The molecule has 4 rings (SSSR count). The summed E-state index contributed by atoms with van der Waals surface area (Å²) in [5.41, 5.74) is 2.71. The van der Waals surface area contributed by atoms with E-state index < -0.39 is 17.7 Å². The quantitative estimate of drug-likeness (QED) is 0.331. The van der Waals surface area contributed by atoms with Crippen LogP contribution in [0.2, 0.25) is 5.02 Å². The number of aryl methyl sites for hydroxylation is 1. The zero-order valence-electron chi connectivity index (χ0n) is 17.9. The number of benzene rings is 3. The average Bonchev–Trinajstić information content (AvgIpc) is 3.09. The summed E-state index contributed by atoms with van der Waals surface area (Å²) in [7, 11) is 1.47. The number of hydrogen-bond donors (Lipinski definition) is 1. The summed E-state index contributed by atoms with van der Waals surface area (Å²) < 4.78 is 5.16. The van der Waals surface area contributed by atoms with Gasteiger partial charge in [0.25, 0.3) is 11.7 Å². The predicted octanol–water partition coefficient (Wildman–Crippen LogP) is 5.16. The molecule has 0 saturated carbocycles. The van der Waals surface area contributed by atoms with Crippen LogP contribution in [0.15, 0.2) is 72.3 Å². The van der Waals surface area contributed by atoms with E-state index in [1.165, 1.54) is 18.1 Å². The second-order valence-electron chi connectivity index (χ2n) is 7.59. The van der Waals surface area contributed by atoms with Gasteiger partial charge in [-0.05, 0) is 55.0 Å². The summed E-state index contributed by atoms with van der Waals surface area (Å²) in [5.74, 6) is -1.50. The predicted molar refractivity (Wildman–Crippen MR) is 125 cm³/mol. The van der Waals surface area contributed by atoms with Crippen LogP contribution in [0.25, 0.3) is 5.76 Å². The first-order valence-corrected chi connectivity index (χ1v) is 10.4. The van der Waals surface area contributed by atoms with Crippen LogP contribution in [0.3, 0.4) is 0 Å². The number of ketones is 1. The van der Waals surface area contributed by atoms with Gasteiger partial charge in [-0.3, -0.25) is 14.5 Å². The molecule has 7 heteroatoms. The Morgan fingerprint density at radius 3 is 2.42 bits per heavy atom. The number of aliphatic hydroxyl groups is 1. The molecule has 3 aromatic rings. The van der Waals surface area contributed by atoms with Crippen molar-refractivity contribution < 1.29 is 19.4 Å². The lowest BCUT2D eigenvalue weighted by Gasteiger charge is -2.25. The van der Waals surface area contributed by atoms with Crippen molar-refractivity contribution in [3.05, 3.63) is 99.6 Å². The third kappa shape index (κ3) is 3.95. The van der Waals surface area contributed by atoms with Crippen molar-refractivity contribution in [2.24, 2.45) is 0 Å². The number of carbonyl (C=O) groups excluding carboxylic acids is 2. The number of carbonyl (C=O) groups is 2. The Kier molecular flexibility index (Phi) is 5.91. The molecule has 1 unspecified atom stereocenters. The monoisotopic (exact) mass is 458 g/mol. The van der Waals surface area contributed by atoms with E-state index in [1.807, 2.05) is 31.2 Å². The number of halogens is 1. The molecule has 3 aromatic carbocycles. The molecule has 1 atom stereocenters. The van der Waals surface area contributed by atoms with Gasteiger partial charge in [0.15, 0.2) is 0 Å². The van der Waals surface area contributed by atoms with E-state index in [4.69, 9.17) is 21.6 Å². The molecule has 0 bridgehead atoms. The van der Waals surface area contributed by atoms with Gasteiger partial charge >= 0.3 is 0 Å². The van der Waals surface area contributed by atoms with E-state index in [-0.39, 0.29) is 21.9 Å². The van der Waals surface area contributed by atoms with Crippen LogP contribution < -0.4 is 9.64 Å². The summed E-state index contributed by atoms with van der Waals surface area (Å²) >= 11 is 6.23. The average molecular weight is 459 g/mol. The Morgan fingerprint density at radius 2 is 1.82 bits per heavy atom. The molecule has 0 aromatic heterocycles. The minimum atomic E-state index is -0.862. The van der Waals surface area contributed by atoms with Gasteiger partial charge in [0.05, 0.1) is 35.4 Å². The standard InChI is InChI=1S/C26H19ClN2O4/c1-15-4-3-5-17(12-15)23-22(24(30)18-8-11-21(33-2)20(27)13-18)25(31)26(32)29(23)19-9-6-16(14-28)7-10-19/h3-13,23,30H,1-2H3/b24-22-. The topological polar surface area (TPSA) is 90.6 Å². The van der Waals surface area contributed by atoms with E-state index in [1.54, 1.807) is 42.5 Å². The van der Waals surface area contributed by atoms with E-state index in [0.29, 0.717) is 22.6 Å². The number of Topliss-reactive ketones (excluding diaryl/α,β-unsaturated/α-hetero) is 1. The molecule has 33 heavy (non-hydrogen) atoms. The Morgan fingerprint density at radius 1 is 1.09 bits per heavy atom. The van der Waals surface area contributed by atoms with Crippen molar-refractivity contribution in [1.29, 1.82) is 5.26 Å². The fraction of sp³-hybridized carbons (Fsp3) is 0.115. The number of ether oxygens (including phenoxy) is 1. The maximum Gasteiger partial charge on any atom is 0.300 e. The normalized spacial score (nSPS) is 17.2. The SMILES string of the molecule is COc1ccc(/C(O)=C2/C(=O)C(=O)N(c3ccc(C#N)cc3)C2c2cccc(C)c2)cc1Cl. The van der Waals surface area contributed by atoms with Crippen molar-refractivity contribution in [1.82, 2.24) is 0 Å². The summed E-state index contributed by atoms with van der Waals surface area (Å²) in [6.45, 7) is 1.90. The number of aliphatic hydroxyl groups excluding tert-OH is 1. The molecule has 164 valence electrons. The van der Waals surface area contributed by atoms with Crippen LogP contribution in [0.4, 0.5) is 5.69 Å². The minimum Gasteiger partial charge on any atom is -0.507 e. The molecule has 1 fully saturated rings. The Balaban J connectivity index is 1.94. The lowest BCUT2D eigenvalue weighted by atomic mass is 9.94.